The van der Waals surface area contributed by atoms with Gasteiger partial charge < -0.3 is 5.11 Å². The van der Waals surface area contributed by atoms with E-state index in [1.54, 1.807) is 20.8 Å². The van der Waals surface area contributed by atoms with Gasteiger partial charge in [-0.1, -0.05) is 27.7 Å². The van der Waals surface area contributed by atoms with Gasteiger partial charge >= 0.3 is 6.18 Å². The highest BCUT2D eigenvalue weighted by atomic mass is 19.4. The third kappa shape index (κ3) is 4.59. The number of rotatable bonds is 6. The minimum absolute atomic E-state index is 0.0597. The van der Waals surface area contributed by atoms with Crippen LogP contribution in [0, 0.1) is 11.3 Å². The number of hydrogen-bond donors (Lipinski definition) is 1. The molecule has 1 N–H and O–H groups in total. The molecule has 0 fully saturated rings. The van der Waals surface area contributed by atoms with Crippen LogP contribution in [0.5, 0.6) is 0 Å². The maximum atomic E-state index is 12.5. The quantitative estimate of drug-likeness (QED) is 0.797. The molecule has 0 aliphatic heterocycles. The smallest absolute Gasteiger partial charge is 0.381 e. The van der Waals surface area contributed by atoms with Crippen molar-refractivity contribution >= 4 is 5.78 Å². The molecule has 0 aromatic carbocycles. The Balaban J connectivity index is 4.55. The van der Waals surface area contributed by atoms with Crippen LogP contribution in [0.1, 0.15) is 53.9 Å². The molecule has 108 valence electrons. The molecule has 2 atom stereocenters. The molecule has 0 aliphatic carbocycles. The molecule has 2 unspecified atom stereocenters. The van der Waals surface area contributed by atoms with E-state index in [1.165, 1.54) is 0 Å². The summed E-state index contributed by atoms with van der Waals surface area (Å²) in [5, 5.41) is 9.36. The monoisotopic (exact) mass is 268 g/mol. The second-order valence-electron chi connectivity index (χ2n) is 5.95. The molecule has 18 heavy (non-hydrogen) atoms. The van der Waals surface area contributed by atoms with Gasteiger partial charge in [-0.2, -0.15) is 13.2 Å². The van der Waals surface area contributed by atoms with Crippen LogP contribution in [0.15, 0.2) is 0 Å². The average molecular weight is 268 g/mol. The standard InChI is InChI=1S/C13H23F3O2/c1-6-11(3,4)10(17)7-9(2)8-12(5,18)13(14,15)16/h9,18H,6-8H2,1-5H3. The fourth-order valence-electron chi connectivity index (χ4n) is 1.66. The Morgan fingerprint density at radius 3 is 2.00 bits per heavy atom. The van der Waals surface area contributed by atoms with Crippen LogP contribution in [0.3, 0.4) is 0 Å². The number of ketones is 1. The van der Waals surface area contributed by atoms with Crippen molar-refractivity contribution in [3.8, 4) is 0 Å². The summed E-state index contributed by atoms with van der Waals surface area (Å²) in [6.07, 6.45) is -4.41. The molecule has 2 nitrogen and oxygen atoms in total. The summed E-state index contributed by atoms with van der Waals surface area (Å²) in [5.74, 6) is -0.560. The zero-order valence-corrected chi connectivity index (χ0v) is 11.7. The average Bonchev–Trinajstić information content (AvgIpc) is 2.14. The van der Waals surface area contributed by atoms with E-state index in [4.69, 9.17) is 0 Å². The predicted molar refractivity (Wildman–Crippen MR) is 64.2 cm³/mol. The second kappa shape index (κ2) is 5.59. The van der Waals surface area contributed by atoms with Crippen LogP contribution in [0.25, 0.3) is 0 Å². The van der Waals surface area contributed by atoms with Gasteiger partial charge in [-0.05, 0) is 25.7 Å². The molecule has 0 saturated carbocycles. The molecule has 0 amide bonds. The first-order chi connectivity index (χ1) is 7.83. The first-order valence-electron chi connectivity index (χ1n) is 6.16. The number of Topliss-reactive ketones (excluding diaryl/α,β-unsaturated/α-hetero) is 1. The molecule has 0 bridgehead atoms. The first-order valence-corrected chi connectivity index (χ1v) is 6.16. The molecule has 0 radical (unpaired) electrons. The fourth-order valence-corrected chi connectivity index (χ4v) is 1.66. The largest absolute Gasteiger partial charge is 0.416 e. The van der Waals surface area contributed by atoms with E-state index in [9.17, 15) is 23.1 Å². The van der Waals surface area contributed by atoms with Gasteiger partial charge in [0.25, 0.3) is 0 Å². The molecular formula is C13H23F3O2. The van der Waals surface area contributed by atoms with Crippen molar-refractivity contribution in [1.29, 1.82) is 0 Å². The lowest BCUT2D eigenvalue weighted by molar-refractivity contribution is -0.258. The Morgan fingerprint density at radius 1 is 1.22 bits per heavy atom. The summed E-state index contributed by atoms with van der Waals surface area (Å²) in [4.78, 5) is 11.9. The minimum Gasteiger partial charge on any atom is -0.381 e. The Hall–Kier alpha value is -0.580. The van der Waals surface area contributed by atoms with Crippen molar-refractivity contribution < 1.29 is 23.1 Å². The predicted octanol–water partition coefficient (Wildman–Crippen LogP) is 3.72. The number of carbonyl (C=O) groups is 1. The molecule has 5 heteroatoms. The SMILES string of the molecule is CCC(C)(C)C(=O)CC(C)CC(C)(O)C(F)(F)F. The topological polar surface area (TPSA) is 37.3 Å². The summed E-state index contributed by atoms with van der Waals surface area (Å²) in [5.41, 5.74) is -3.25. The van der Waals surface area contributed by atoms with Crippen molar-refractivity contribution in [3.63, 3.8) is 0 Å². The zero-order chi connectivity index (χ0) is 14.8. The van der Waals surface area contributed by atoms with Gasteiger partial charge in [0.05, 0.1) is 0 Å². The number of alkyl halides is 3. The van der Waals surface area contributed by atoms with E-state index in [0.29, 0.717) is 6.42 Å². The van der Waals surface area contributed by atoms with Gasteiger partial charge in [0.1, 0.15) is 5.78 Å². The summed E-state index contributed by atoms with van der Waals surface area (Å²) in [6.45, 7) is 7.74. The Morgan fingerprint density at radius 2 is 1.67 bits per heavy atom. The molecule has 0 heterocycles. The zero-order valence-electron chi connectivity index (χ0n) is 11.7. The van der Waals surface area contributed by atoms with Crippen LogP contribution >= 0.6 is 0 Å². The van der Waals surface area contributed by atoms with E-state index >= 15 is 0 Å². The Kier molecular flexibility index (Phi) is 5.41. The third-order valence-corrected chi connectivity index (χ3v) is 3.53. The number of hydrogen-bond acceptors (Lipinski definition) is 2. The summed E-state index contributed by atoms with van der Waals surface area (Å²) in [6, 6.07) is 0. The van der Waals surface area contributed by atoms with Crippen LogP contribution in [-0.2, 0) is 4.79 Å². The minimum atomic E-state index is -4.66. The highest BCUT2D eigenvalue weighted by Crippen LogP contribution is 2.36. The molecule has 0 rings (SSSR count). The van der Waals surface area contributed by atoms with Crippen molar-refractivity contribution in [1.82, 2.24) is 0 Å². The van der Waals surface area contributed by atoms with Gasteiger partial charge in [0.2, 0.25) is 0 Å². The maximum Gasteiger partial charge on any atom is 0.416 e. The highest BCUT2D eigenvalue weighted by Gasteiger charge is 2.50. The van der Waals surface area contributed by atoms with Crippen LogP contribution < -0.4 is 0 Å². The van der Waals surface area contributed by atoms with Crippen LogP contribution in [-0.4, -0.2) is 22.7 Å². The molecule has 0 aromatic rings. The third-order valence-electron chi connectivity index (χ3n) is 3.53. The Bertz CT molecular complexity index is 293. The summed E-state index contributed by atoms with van der Waals surface area (Å²) >= 11 is 0. The maximum absolute atomic E-state index is 12.5. The van der Waals surface area contributed by atoms with Crippen LogP contribution in [0.4, 0.5) is 13.2 Å². The fraction of sp³-hybridized carbons (Fsp3) is 0.923. The number of halogens is 3. The molecular weight excluding hydrogens is 245 g/mol. The lowest BCUT2D eigenvalue weighted by Gasteiger charge is -2.30. The molecule has 0 spiro atoms. The van der Waals surface area contributed by atoms with Gasteiger partial charge in [-0.3, -0.25) is 4.79 Å². The normalized spacial score (nSPS) is 18.3. The number of aliphatic hydroxyl groups is 1. The van der Waals surface area contributed by atoms with Crippen molar-refractivity contribution in [3.05, 3.63) is 0 Å². The first kappa shape index (κ1) is 17.4. The van der Waals surface area contributed by atoms with E-state index in [-0.39, 0.29) is 12.2 Å². The number of carbonyl (C=O) groups excluding carboxylic acids is 1. The summed E-state index contributed by atoms with van der Waals surface area (Å²) in [7, 11) is 0. The van der Waals surface area contributed by atoms with Crippen molar-refractivity contribution in [2.75, 3.05) is 0 Å². The lowest BCUT2D eigenvalue weighted by Crippen LogP contribution is -2.43. The van der Waals surface area contributed by atoms with Gasteiger partial charge in [0.15, 0.2) is 5.60 Å². The van der Waals surface area contributed by atoms with Crippen molar-refractivity contribution in [2.45, 2.75) is 65.7 Å². The van der Waals surface area contributed by atoms with E-state index in [0.717, 1.165) is 6.92 Å². The van der Waals surface area contributed by atoms with Gasteiger partial charge in [0, 0.05) is 11.8 Å². The molecule has 0 aromatic heterocycles. The van der Waals surface area contributed by atoms with Gasteiger partial charge in [-0.25, -0.2) is 0 Å². The Labute approximate surface area is 107 Å². The van der Waals surface area contributed by atoms with Crippen LogP contribution in [0.2, 0.25) is 0 Å². The molecule has 0 aliphatic rings. The van der Waals surface area contributed by atoms with E-state index < -0.39 is 29.5 Å². The van der Waals surface area contributed by atoms with Gasteiger partial charge in [-0.15, -0.1) is 0 Å². The molecule has 0 saturated heterocycles. The van der Waals surface area contributed by atoms with Crippen molar-refractivity contribution in [2.24, 2.45) is 11.3 Å². The summed E-state index contributed by atoms with van der Waals surface area (Å²) < 4.78 is 37.5. The van der Waals surface area contributed by atoms with E-state index in [2.05, 4.69) is 0 Å². The van der Waals surface area contributed by atoms with E-state index in [1.807, 2.05) is 6.92 Å². The second-order valence-corrected chi connectivity index (χ2v) is 5.95. The highest BCUT2D eigenvalue weighted by molar-refractivity contribution is 5.84. The lowest BCUT2D eigenvalue weighted by atomic mass is 9.79.